The fraction of sp³-hybridized carbons (Fsp3) is 0. The van der Waals surface area contributed by atoms with Gasteiger partial charge in [-0.1, -0.05) is 29.3 Å². The van der Waals surface area contributed by atoms with Crippen molar-refractivity contribution in [3.63, 3.8) is 0 Å². The molecule has 0 atom stereocenters. The van der Waals surface area contributed by atoms with Crippen molar-refractivity contribution < 1.29 is 9.53 Å². The van der Waals surface area contributed by atoms with E-state index >= 15 is 0 Å². The monoisotopic (exact) mass is 399 g/mol. The van der Waals surface area contributed by atoms with Crippen molar-refractivity contribution in [2.24, 2.45) is 0 Å². The van der Waals surface area contributed by atoms with Crippen molar-refractivity contribution in [1.29, 1.82) is 0 Å². The molecule has 9 heteroatoms. The number of amides is 1. The molecule has 2 aromatic heterocycles. The summed E-state index contributed by atoms with van der Waals surface area (Å²) in [4.78, 5) is 27.4. The molecule has 134 valence electrons. The number of H-pyrrole nitrogens is 1. The number of carbonyl (C=O) groups is 1. The maximum absolute atomic E-state index is 12.0. The van der Waals surface area contributed by atoms with Crippen LogP contribution in [0.5, 0.6) is 5.75 Å². The minimum absolute atomic E-state index is 0.292. The molecule has 1 amide bonds. The highest BCUT2D eigenvalue weighted by atomic mass is 35.5. The van der Waals surface area contributed by atoms with Gasteiger partial charge in [0.15, 0.2) is 5.82 Å². The number of rotatable bonds is 3. The summed E-state index contributed by atoms with van der Waals surface area (Å²) in [6, 6.07) is 10.3. The summed E-state index contributed by atoms with van der Waals surface area (Å²) >= 11 is 12.5. The number of imidazole rings is 1. The fourth-order valence-electron chi connectivity index (χ4n) is 2.50. The van der Waals surface area contributed by atoms with Crippen molar-refractivity contribution in [2.75, 3.05) is 5.32 Å². The molecule has 0 saturated heterocycles. The predicted molar refractivity (Wildman–Crippen MR) is 103 cm³/mol. The molecule has 2 heterocycles. The fourth-order valence-corrected chi connectivity index (χ4v) is 3.07. The van der Waals surface area contributed by atoms with E-state index in [-0.39, 0.29) is 0 Å². The smallest absolute Gasteiger partial charge is 0.410 e. The summed E-state index contributed by atoms with van der Waals surface area (Å²) in [6.45, 7) is 0. The average molecular weight is 400 g/mol. The summed E-state index contributed by atoms with van der Waals surface area (Å²) in [5, 5.41) is 3.46. The molecule has 27 heavy (non-hydrogen) atoms. The molecule has 7 nitrogen and oxygen atoms in total. The second kappa shape index (κ2) is 7.22. The molecule has 4 rings (SSSR count). The number of carbonyl (C=O) groups excluding carboxylic acids is 1. The first-order chi connectivity index (χ1) is 13.1. The molecule has 0 spiro atoms. The highest BCUT2D eigenvalue weighted by Gasteiger charge is 2.14. The number of nitrogens with zero attached hydrogens (tertiary/aromatic N) is 3. The Morgan fingerprint density at radius 3 is 2.67 bits per heavy atom. The van der Waals surface area contributed by atoms with Gasteiger partial charge in [-0.05, 0) is 24.3 Å². The van der Waals surface area contributed by atoms with Crippen molar-refractivity contribution in [2.45, 2.75) is 0 Å². The first-order valence-corrected chi connectivity index (χ1v) is 8.55. The van der Waals surface area contributed by atoms with E-state index in [1.807, 2.05) is 0 Å². The van der Waals surface area contributed by atoms with Crippen LogP contribution in [-0.4, -0.2) is 26.0 Å². The Hall–Kier alpha value is -3.16. The third kappa shape index (κ3) is 3.69. The summed E-state index contributed by atoms with van der Waals surface area (Å²) in [5.74, 6) is 1.16. The number of ether oxygens (including phenoxy) is 1. The zero-order valence-electron chi connectivity index (χ0n) is 13.6. The van der Waals surface area contributed by atoms with Gasteiger partial charge >= 0.3 is 6.09 Å². The summed E-state index contributed by atoms with van der Waals surface area (Å²) in [7, 11) is 0. The first kappa shape index (κ1) is 17.3. The Morgan fingerprint density at radius 2 is 1.93 bits per heavy atom. The highest BCUT2D eigenvalue weighted by Crippen LogP contribution is 2.34. The number of nitrogens with one attached hydrogen (secondary N) is 2. The van der Waals surface area contributed by atoms with E-state index in [4.69, 9.17) is 27.9 Å². The molecule has 0 fully saturated rings. The Labute approximate surface area is 163 Å². The zero-order valence-corrected chi connectivity index (χ0v) is 15.1. The number of fused-ring (bicyclic) bond motifs is 1. The molecule has 0 aliphatic heterocycles. The molecular weight excluding hydrogens is 389 g/mol. The second-order valence-electron chi connectivity index (χ2n) is 5.47. The van der Waals surface area contributed by atoms with Crippen LogP contribution < -0.4 is 10.1 Å². The maximum atomic E-state index is 12.0. The van der Waals surface area contributed by atoms with Crippen LogP contribution in [0.2, 0.25) is 10.0 Å². The number of aromatic amines is 1. The predicted octanol–water partition coefficient (Wildman–Crippen LogP) is 4.94. The topological polar surface area (TPSA) is 92.8 Å². The van der Waals surface area contributed by atoms with Crippen molar-refractivity contribution in [3.05, 3.63) is 65.0 Å². The average Bonchev–Trinajstić information content (AvgIpc) is 3.05. The van der Waals surface area contributed by atoms with E-state index in [0.717, 1.165) is 0 Å². The van der Waals surface area contributed by atoms with Crippen LogP contribution in [0.4, 0.5) is 10.6 Å². The molecule has 2 N–H and O–H groups in total. The van der Waals surface area contributed by atoms with Gasteiger partial charge in [-0.25, -0.2) is 14.8 Å². The van der Waals surface area contributed by atoms with Crippen molar-refractivity contribution in [1.82, 2.24) is 19.9 Å². The third-order valence-corrected chi connectivity index (χ3v) is 4.29. The van der Waals surface area contributed by atoms with Crippen LogP contribution in [0.3, 0.4) is 0 Å². The van der Waals surface area contributed by atoms with Crippen molar-refractivity contribution >= 4 is 46.1 Å². The number of aromatic nitrogens is 4. The van der Waals surface area contributed by atoms with E-state index in [9.17, 15) is 4.79 Å². The SMILES string of the molecule is O=C(Nc1cnccn1)Oc1ccc2nc(-c3c(Cl)cccc3Cl)[nH]c2c1. The van der Waals surface area contributed by atoms with E-state index in [0.29, 0.717) is 44.0 Å². The lowest BCUT2D eigenvalue weighted by Gasteiger charge is -2.05. The quantitative estimate of drug-likeness (QED) is 0.508. The summed E-state index contributed by atoms with van der Waals surface area (Å²) in [6.07, 6.45) is 3.71. The van der Waals surface area contributed by atoms with E-state index in [1.54, 1.807) is 36.4 Å². The normalized spacial score (nSPS) is 10.7. The van der Waals surface area contributed by atoms with Gasteiger partial charge in [0.25, 0.3) is 0 Å². The van der Waals surface area contributed by atoms with Crippen LogP contribution in [0.15, 0.2) is 55.0 Å². The van der Waals surface area contributed by atoms with Crippen LogP contribution in [0.25, 0.3) is 22.4 Å². The van der Waals surface area contributed by atoms with Gasteiger partial charge in [0.05, 0.1) is 32.8 Å². The molecule has 0 radical (unpaired) electrons. The Morgan fingerprint density at radius 1 is 1.11 bits per heavy atom. The van der Waals surface area contributed by atoms with Crippen LogP contribution in [0, 0.1) is 0 Å². The molecule has 2 aromatic carbocycles. The Kier molecular flexibility index (Phi) is 4.62. The van der Waals surface area contributed by atoms with Crippen LogP contribution in [0.1, 0.15) is 0 Å². The molecule has 0 unspecified atom stereocenters. The standard InChI is InChI=1S/C18H11Cl2N5O2/c19-11-2-1-3-12(20)16(11)17-23-13-5-4-10(8-14(13)24-17)27-18(26)25-15-9-21-6-7-22-15/h1-9H,(H,23,24)(H,22,25,26). The minimum Gasteiger partial charge on any atom is -0.410 e. The highest BCUT2D eigenvalue weighted by molar-refractivity contribution is 6.39. The van der Waals surface area contributed by atoms with Gasteiger partial charge in [0.1, 0.15) is 11.6 Å². The molecular formula is C18H11Cl2N5O2. The van der Waals surface area contributed by atoms with Gasteiger partial charge in [0, 0.05) is 18.5 Å². The molecule has 0 aliphatic carbocycles. The van der Waals surface area contributed by atoms with Gasteiger partial charge in [-0.15, -0.1) is 0 Å². The van der Waals surface area contributed by atoms with Crippen LogP contribution in [-0.2, 0) is 0 Å². The summed E-state index contributed by atoms with van der Waals surface area (Å²) < 4.78 is 5.27. The number of hydrogen-bond donors (Lipinski definition) is 2. The zero-order chi connectivity index (χ0) is 18.8. The number of benzene rings is 2. The number of halogens is 2. The first-order valence-electron chi connectivity index (χ1n) is 7.79. The molecule has 0 saturated carbocycles. The minimum atomic E-state index is -0.677. The third-order valence-electron chi connectivity index (χ3n) is 3.66. The Bertz CT molecular complexity index is 1110. The van der Waals surface area contributed by atoms with Crippen molar-refractivity contribution in [3.8, 4) is 17.1 Å². The van der Waals surface area contributed by atoms with E-state index < -0.39 is 6.09 Å². The van der Waals surface area contributed by atoms with E-state index in [2.05, 4.69) is 25.3 Å². The molecule has 0 aliphatic rings. The van der Waals surface area contributed by atoms with Gasteiger partial charge in [0.2, 0.25) is 0 Å². The maximum Gasteiger partial charge on any atom is 0.418 e. The Balaban J connectivity index is 1.59. The number of anilines is 1. The largest absolute Gasteiger partial charge is 0.418 e. The van der Waals surface area contributed by atoms with Crippen LogP contribution >= 0.6 is 23.2 Å². The molecule has 0 bridgehead atoms. The lowest BCUT2D eigenvalue weighted by molar-refractivity contribution is 0.215. The molecule has 4 aromatic rings. The van der Waals surface area contributed by atoms with Gasteiger partial charge in [-0.2, -0.15) is 0 Å². The van der Waals surface area contributed by atoms with Gasteiger partial charge < -0.3 is 9.72 Å². The van der Waals surface area contributed by atoms with Gasteiger partial charge in [-0.3, -0.25) is 10.3 Å². The summed E-state index contributed by atoms with van der Waals surface area (Å²) in [5.41, 5.74) is 1.97. The number of hydrogen-bond acceptors (Lipinski definition) is 5. The van der Waals surface area contributed by atoms with E-state index in [1.165, 1.54) is 18.6 Å². The lowest BCUT2D eigenvalue weighted by atomic mass is 10.2. The lowest BCUT2D eigenvalue weighted by Crippen LogP contribution is -2.17. The second-order valence-corrected chi connectivity index (χ2v) is 6.28.